The molecule has 0 radical (unpaired) electrons. The summed E-state index contributed by atoms with van der Waals surface area (Å²) >= 11 is 0. The third kappa shape index (κ3) is 15.7. The van der Waals surface area contributed by atoms with Crippen LogP contribution in [-0.4, -0.2) is 102 Å². The van der Waals surface area contributed by atoms with Crippen LogP contribution in [-0.2, 0) is 24.0 Å². The van der Waals surface area contributed by atoms with Gasteiger partial charge in [0.25, 0.3) is 0 Å². The minimum Gasteiger partial charge on any atom is -0.504 e. The Kier molecular flexibility index (Phi) is 16.8. The van der Waals surface area contributed by atoms with Crippen LogP contribution in [0, 0.1) is 0 Å². The van der Waals surface area contributed by atoms with Crippen LogP contribution in [0.1, 0.15) is 30.4 Å². The van der Waals surface area contributed by atoms with Gasteiger partial charge in [0.1, 0.15) is 0 Å². The van der Waals surface area contributed by atoms with Crippen molar-refractivity contribution >= 4 is 48.9 Å². The van der Waals surface area contributed by atoms with Crippen molar-refractivity contribution in [2.24, 2.45) is 0 Å². The van der Waals surface area contributed by atoms with E-state index in [4.69, 9.17) is 45.0 Å². The van der Waals surface area contributed by atoms with E-state index in [9.17, 15) is 34.2 Å². The van der Waals surface area contributed by atoms with E-state index in [0.717, 1.165) is 0 Å². The summed E-state index contributed by atoms with van der Waals surface area (Å²) in [5, 5.41) is 74.4. The first kappa shape index (κ1) is 38.8. The third-order valence-electron chi connectivity index (χ3n) is 4.96. The van der Waals surface area contributed by atoms with Crippen molar-refractivity contribution in [3.8, 4) is 23.0 Å². The Morgan fingerprint density at radius 3 is 1.34 bits per heavy atom. The van der Waals surface area contributed by atoms with E-state index in [0.29, 0.717) is 22.6 Å². The molecule has 0 unspecified atom stereocenters. The molecule has 16 nitrogen and oxygen atoms in total. The molecule has 2 aromatic carbocycles. The zero-order valence-corrected chi connectivity index (χ0v) is 23.4. The van der Waals surface area contributed by atoms with Gasteiger partial charge in [0.15, 0.2) is 40.2 Å². The number of ether oxygens (including phenoxy) is 2. The third-order valence-corrected chi connectivity index (χ3v) is 4.96. The van der Waals surface area contributed by atoms with Gasteiger partial charge in [0.2, 0.25) is 0 Å². The minimum atomic E-state index is -2.74. The summed E-state index contributed by atoms with van der Waals surface area (Å²) in [5.74, 6) is -5.10. The average molecular weight is 622 g/mol. The lowest BCUT2D eigenvalue weighted by molar-refractivity contribution is -0.170. The number of carboxylic acid groups (broad SMARTS) is 3. The number of aliphatic hydroxyl groups is 1. The number of aliphatic carboxylic acids is 3. The van der Waals surface area contributed by atoms with E-state index in [1.54, 1.807) is 36.4 Å². The second-order valence-electron chi connectivity index (χ2n) is 8.46. The number of aromatic hydroxyl groups is 2. The van der Waals surface area contributed by atoms with Crippen LogP contribution in [0.15, 0.2) is 48.6 Å². The molecule has 238 valence electrons. The molecule has 0 bridgehead atoms. The van der Waals surface area contributed by atoms with E-state index in [-0.39, 0.29) is 29.5 Å². The first-order valence-electron chi connectivity index (χ1n) is 12.0. The van der Waals surface area contributed by atoms with Gasteiger partial charge in [0, 0.05) is 0 Å². The fourth-order valence-corrected chi connectivity index (χ4v) is 2.98. The Bertz CT molecular complexity index is 1270. The Morgan fingerprint density at radius 1 is 0.727 bits per heavy atom. The quantitative estimate of drug-likeness (QED) is 0.0811. The average Bonchev–Trinajstić information content (AvgIpc) is 2.91. The number of methoxy groups -OCH3 is 2. The number of carbonyl (C=O) groups is 5. The summed E-state index contributed by atoms with van der Waals surface area (Å²) in [5.41, 5.74) is -1.41. The molecule has 0 saturated heterocycles. The molecular formula is C27H31BO16. The van der Waals surface area contributed by atoms with Crippen LogP contribution in [0.4, 0.5) is 0 Å². The molecule has 0 aliphatic rings. The molecule has 2 aromatic rings. The number of hydrogen-bond acceptors (Lipinski definition) is 13. The van der Waals surface area contributed by atoms with Crippen LogP contribution in [0.25, 0.3) is 12.2 Å². The van der Waals surface area contributed by atoms with Crippen molar-refractivity contribution in [3.63, 3.8) is 0 Å². The molecule has 0 fully saturated rings. The second kappa shape index (κ2) is 19.1. The smallest absolute Gasteiger partial charge is 0.504 e. The molecule has 0 amide bonds. The SMILES string of the molecule is COc1cc(/C=C/C(=O)CC(=O)/C=C/c2ccc(O)c(OC)c2)ccc1O.O=C(O)CC(O)(CC(=O)O)C(=O)O.OB(O)O. The van der Waals surface area contributed by atoms with Crippen LogP contribution in [0.5, 0.6) is 23.0 Å². The number of hydrogen-bond donors (Lipinski definition) is 9. The maximum Gasteiger partial charge on any atom is 0.631 e. The van der Waals surface area contributed by atoms with Crippen LogP contribution >= 0.6 is 0 Å². The highest BCUT2D eigenvalue weighted by atomic mass is 16.5. The zero-order chi connectivity index (χ0) is 34.0. The topological polar surface area (TPSA) is 286 Å². The summed E-state index contributed by atoms with van der Waals surface area (Å²) in [6, 6.07) is 9.34. The summed E-state index contributed by atoms with van der Waals surface area (Å²) in [7, 11) is 0.699. The van der Waals surface area contributed by atoms with Gasteiger partial charge in [-0.3, -0.25) is 19.2 Å². The van der Waals surface area contributed by atoms with Crippen molar-refractivity contribution in [1.82, 2.24) is 0 Å². The minimum absolute atomic E-state index is 0.00662. The Hall–Kier alpha value is -5.23. The van der Waals surface area contributed by atoms with E-state index < -0.39 is 43.7 Å². The highest BCUT2D eigenvalue weighted by Crippen LogP contribution is 2.27. The van der Waals surface area contributed by atoms with Gasteiger partial charge in [-0.15, -0.1) is 0 Å². The van der Waals surface area contributed by atoms with Gasteiger partial charge in [0.05, 0.1) is 33.5 Å². The number of carboxylic acids is 3. The van der Waals surface area contributed by atoms with Crippen molar-refractivity contribution < 1.29 is 79.2 Å². The molecule has 9 N–H and O–H groups in total. The summed E-state index contributed by atoms with van der Waals surface area (Å²) in [6.45, 7) is 0. The van der Waals surface area contributed by atoms with Crippen LogP contribution in [0.2, 0.25) is 0 Å². The highest BCUT2D eigenvalue weighted by molar-refractivity contribution is 6.30. The second-order valence-corrected chi connectivity index (χ2v) is 8.46. The maximum absolute atomic E-state index is 11.9. The summed E-state index contributed by atoms with van der Waals surface area (Å²) in [4.78, 5) is 54.3. The lowest BCUT2D eigenvalue weighted by Gasteiger charge is -2.18. The van der Waals surface area contributed by atoms with Crippen molar-refractivity contribution in [2.45, 2.75) is 24.9 Å². The predicted octanol–water partition coefficient (Wildman–Crippen LogP) is 0.0696. The lowest BCUT2D eigenvalue weighted by atomic mass is 9.96. The molecular weight excluding hydrogens is 591 g/mol. The summed E-state index contributed by atoms with van der Waals surface area (Å²) in [6.07, 6.45) is 3.15. The molecule has 0 aliphatic carbocycles. The molecule has 0 atom stereocenters. The zero-order valence-electron chi connectivity index (χ0n) is 23.4. The van der Waals surface area contributed by atoms with Gasteiger partial charge in [-0.1, -0.05) is 24.3 Å². The molecule has 0 aromatic heterocycles. The Labute approximate surface area is 250 Å². The monoisotopic (exact) mass is 622 g/mol. The van der Waals surface area contributed by atoms with E-state index >= 15 is 0 Å². The van der Waals surface area contributed by atoms with Crippen LogP contribution in [0.3, 0.4) is 0 Å². The van der Waals surface area contributed by atoms with Gasteiger partial charge >= 0.3 is 25.2 Å². The standard InChI is InChI=1S/C21H20O6.C6H8O7.BH3O3/c1-26-20-11-14(5-9-18(20)24)3-7-16(22)13-17(23)8-4-15-6-10-19(25)21(12-15)27-2;7-3(8)1-6(13,5(11)12)2-4(9)10;2-1(3)4/h3-12,24-25H,13H2,1-2H3;13H,1-2H2,(H,7,8)(H,9,10)(H,11,12);2-4H/b7-3+,8-4+;;. The lowest BCUT2D eigenvalue weighted by Crippen LogP contribution is -2.42. The molecule has 0 spiro atoms. The molecule has 0 aliphatic heterocycles. The number of phenolic OH excluding ortho intramolecular Hbond substituents is 2. The molecule has 0 heterocycles. The van der Waals surface area contributed by atoms with E-state index in [1.165, 1.54) is 38.5 Å². The number of ketones is 2. The first-order valence-corrected chi connectivity index (χ1v) is 12.0. The van der Waals surface area contributed by atoms with E-state index in [1.807, 2.05) is 0 Å². The maximum atomic E-state index is 11.9. The van der Waals surface area contributed by atoms with Crippen molar-refractivity contribution in [2.75, 3.05) is 14.2 Å². The predicted molar refractivity (Wildman–Crippen MR) is 152 cm³/mol. The van der Waals surface area contributed by atoms with Gasteiger partial charge in [-0.05, 0) is 47.5 Å². The Morgan fingerprint density at radius 2 is 1.07 bits per heavy atom. The summed E-state index contributed by atoms with van der Waals surface area (Å²) < 4.78 is 10.00. The van der Waals surface area contributed by atoms with E-state index in [2.05, 4.69) is 0 Å². The molecule has 44 heavy (non-hydrogen) atoms. The molecule has 2 rings (SSSR count). The number of carbonyl (C=O) groups excluding carboxylic acids is 2. The van der Waals surface area contributed by atoms with Crippen LogP contribution < -0.4 is 9.47 Å². The Balaban J connectivity index is 0.000000907. The number of benzene rings is 2. The fraction of sp³-hybridized carbons (Fsp3) is 0.222. The van der Waals surface area contributed by atoms with Crippen molar-refractivity contribution in [3.05, 3.63) is 59.7 Å². The van der Waals surface area contributed by atoms with Gasteiger partial charge in [-0.2, -0.15) is 0 Å². The largest absolute Gasteiger partial charge is 0.631 e. The van der Waals surface area contributed by atoms with Gasteiger partial charge in [-0.25, -0.2) is 4.79 Å². The first-order chi connectivity index (χ1) is 20.4. The van der Waals surface area contributed by atoms with Gasteiger partial charge < -0.3 is 55.2 Å². The number of rotatable bonds is 13. The molecule has 17 heteroatoms. The number of phenols is 2. The normalized spacial score (nSPS) is 10.6. The van der Waals surface area contributed by atoms with Crippen molar-refractivity contribution in [1.29, 1.82) is 0 Å². The number of allylic oxidation sites excluding steroid dienone is 2. The molecule has 0 saturated carbocycles. The highest BCUT2D eigenvalue weighted by Gasteiger charge is 2.40. The fourth-order valence-electron chi connectivity index (χ4n) is 2.98.